The summed E-state index contributed by atoms with van der Waals surface area (Å²) in [5, 5.41) is 3.37. The molecule has 1 aromatic rings. The quantitative estimate of drug-likeness (QED) is 0.817. The fraction of sp³-hybridized carbons (Fsp3) is 0.222. The zero-order chi connectivity index (χ0) is 9.68. The molecular formula is C9H10ClNOS. The van der Waals surface area contributed by atoms with Gasteiger partial charge in [0.15, 0.2) is 0 Å². The topological polar surface area (TPSA) is 29.1 Å². The lowest BCUT2D eigenvalue weighted by Crippen LogP contribution is -2.04. The van der Waals surface area contributed by atoms with Crippen LogP contribution in [0, 0.1) is 0 Å². The number of halogens is 1. The van der Waals surface area contributed by atoms with Gasteiger partial charge in [0.1, 0.15) is 0 Å². The van der Waals surface area contributed by atoms with Crippen LogP contribution in [0.4, 0.5) is 10.5 Å². The van der Waals surface area contributed by atoms with Crippen LogP contribution in [0.1, 0.15) is 6.92 Å². The highest BCUT2D eigenvalue weighted by molar-refractivity contribution is 8.13. The average Bonchev–Trinajstić information content (AvgIpc) is 2.09. The van der Waals surface area contributed by atoms with Crippen LogP contribution in [0.3, 0.4) is 0 Å². The third-order valence-electron chi connectivity index (χ3n) is 1.37. The maximum atomic E-state index is 11.1. The second-order valence-electron chi connectivity index (χ2n) is 2.35. The van der Waals surface area contributed by atoms with Crippen molar-refractivity contribution in [2.24, 2.45) is 0 Å². The first-order valence-electron chi connectivity index (χ1n) is 3.91. The van der Waals surface area contributed by atoms with E-state index in [9.17, 15) is 4.79 Å². The van der Waals surface area contributed by atoms with Gasteiger partial charge in [-0.1, -0.05) is 30.3 Å². The predicted molar refractivity (Wildman–Crippen MR) is 58.6 cm³/mol. The molecule has 1 N–H and O–H groups in total. The summed E-state index contributed by atoms with van der Waals surface area (Å²) >= 11 is 6.94. The van der Waals surface area contributed by atoms with Crippen molar-refractivity contribution in [3.8, 4) is 0 Å². The first kappa shape index (κ1) is 10.4. The maximum Gasteiger partial charge on any atom is 0.283 e. The standard InChI is InChI=1S/C9H10ClNOS/c1-2-13-9(12)11-8-5-3-7(10)4-6-8/h3-6H,2H2,1H3,(H,11,12). The van der Waals surface area contributed by atoms with E-state index in [4.69, 9.17) is 11.6 Å². The van der Waals surface area contributed by atoms with Gasteiger partial charge in [-0.25, -0.2) is 0 Å². The summed E-state index contributed by atoms with van der Waals surface area (Å²) in [7, 11) is 0. The number of benzene rings is 1. The number of rotatable bonds is 2. The van der Waals surface area contributed by atoms with Crippen molar-refractivity contribution in [1.29, 1.82) is 0 Å². The molecule has 0 aromatic heterocycles. The molecule has 1 aromatic carbocycles. The molecule has 4 heteroatoms. The Morgan fingerprint density at radius 1 is 1.46 bits per heavy atom. The molecule has 70 valence electrons. The van der Waals surface area contributed by atoms with Crippen molar-refractivity contribution in [1.82, 2.24) is 0 Å². The summed E-state index contributed by atoms with van der Waals surface area (Å²) in [6.07, 6.45) is 0. The summed E-state index contributed by atoms with van der Waals surface area (Å²) < 4.78 is 0. The molecule has 0 aliphatic heterocycles. The van der Waals surface area contributed by atoms with E-state index in [0.717, 1.165) is 11.4 Å². The van der Waals surface area contributed by atoms with E-state index in [1.165, 1.54) is 11.8 Å². The Morgan fingerprint density at radius 3 is 2.62 bits per heavy atom. The van der Waals surface area contributed by atoms with E-state index >= 15 is 0 Å². The molecule has 0 radical (unpaired) electrons. The van der Waals surface area contributed by atoms with Crippen LogP contribution in [0.5, 0.6) is 0 Å². The normalized spacial score (nSPS) is 9.69. The second-order valence-corrected chi connectivity index (χ2v) is 4.03. The summed E-state index contributed by atoms with van der Waals surface area (Å²) in [4.78, 5) is 11.1. The number of thioether (sulfide) groups is 1. The summed E-state index contributed by atoms with van der Waals surface area (Å²) in [6.45, 7) is 1.94. The Morgan fingerprint density at radius 2 is 2.08 bits per heavy atom. The van der Waals surface area contributed by atoms with Gasteiger partial charge in [0.25, 0.3) is 5.24 Å². The Balaban J connectivity index is 2.54. The third kappa shape index (κ3) is 3.70. The number of nitrogens with one attached hydrogen (secondary N) is 1. The largest absolute Gasteiger partial charge is 0.317 e. The van der Waals surface area contributed by atoms with Crippen LogP contribution >= 0.6 is 23.4 Å². The molecule has 0 saturated heterocycles. The van der Waals surface area contributed by atoms with Crippen molar-refractivity contribution in [2.75, 3.05) is 11.1 Å². The number of hydrogen-bond donors (Lipinski definition) is 1. The minimum atomic E-state index is -0.0372. The van der Waals surface area contributed by atoms with Crippen LogP contribution < -0.4 is 5.32 Å². The van der Waals surface area contributed by atoms with Gasteiger partial charge in [0, 0.05) is 10.7 Å². The molecule has 2 nitrogen and oxygen atoms in total. The Bertz CT molecular complexity index is 286. The van der Waals surface area contributed by atoms with E-state index < -0.39 is 0 Å². The van der Waals surface area contributed by atoms with Crippen LogP contribution in [0.2, 0.25) is 5.02 Å². The molecule has 1 amide bonds. The van der Waals surface area contributed by atoms with Crippen LogP contribution in [-0.4, -0.2) is 11.0 Å². The molecule has 1 rings (SSSR count). The SMILES string of the molecule is CCSC(=O)Nc1ccc(Cl)cc1. The molecule has 0 aliphatic carbocycles. The smallest absolute Gasteiger partial charge is 0.283 e. The van der Waals surface area contributed by atoms with E-state index in [-0.39, 0.29) is 5.24 Å². The predicted octanol–water partition coefficient (Wildman–Crippen LogP) is 3.63. The zero-order valence-corrected chi connectivity index (χ0v) is 8.78. The molecule has 0 saturated carbocycles. The minimum absolute atomic E-state index is 0.0372. The van der Waals surface area contributed by atoms with Gasteiger partial charge in [-0.2, -0.15) is 0 Å². The van der Waals surface area contributed by atoms with E-state index in [1.54, 1.807) is 24.3 Å². The van der Waals surface area contributed by atoms with Gasteiger partial charge in [0.2, 0.25) is 0 Å². The summed E-state index contributed by atoms with van der Waals surface area (Å²) in [5.74, 6) is 0.777. The van der Waals surface area contributed by atoms with Crippen molar-refractivity contribution >= 4 is 34.3 Å². The first-order valence-corrected chi connectivity index (χ1v) is 5.28. The van der Waals surface area contributed by atoms with Crippen molar-refractivity contribution in [3.05, 3.63) is 29.3 Å². The first-order chi connectivity index (χ1) is 6.22. The van der Waals surface area contributed by atoms with Gasteiger partial charge in [-0.05, 0) is 30.0 Å². The molecule has 0 unspecified atom stereocenters. The molecular weight excluding hydrogens is 206 g/mol. The number of amides is 1. The lowest BCUT2D eigenvalue weighted by molar-refractivity contribution is 0.270. The fourth-order valence-electron chi connectivity index (χ4n) is 0.818. The lowest BCUT2D eigenvalue weighted by atomic mass is 10.3. The van der Waals surface area contributed by atoms with Crippen LogP contribution in [-0.2, 0) is 0 Å². The molecule has 0 fully saturated rings. The number of carbonyl (C=O) groups is 1. The molecule has 0 spiro atoms. The Hall–Kier alpha value is -0.670. The monoisotopic (exact) mass is 215 g/mol. The van der Waals surface area contributed by atoms with Crippen molar-refractivity contribution in [2.45, 2.75) is 6.92 Å². The van der Waals surface area contributed by atoms with E-state index in [1.807, 2.05) is 6.92 Å². The summed E-state index contributed by atoms with van der Waals surface area (Å²) in [6, 6.07) is 7.04. The lowest BCUT2D eigenvalue weighted by Gasteiger charge is -2.02. The molecule has 0 bridgehead atoms. The highest BCUT2D eigenvalue weighted by atomic mass is 35.5. The second kappa shape index (κ2) is 5.14. The average molecular weight is 216 g/mol. The molecule has 0 aliphatic rings. The van der Waals surface area contributed by atoms with Crippen LogP contribution in [0.15, 0.2) is 24.3 Å². The van der Waals surface area contributed by atoms with Crippen LogP contribution in [0.25, 0.3) is 0 Å². The molecule has 0 atom stereocenters. The van der Waals surface area contributed by atoms with Crippen molar-refractivity contribution in [3.63, 3.8) is 0 Å². The van der Waals surface area contributed by atoms with Crippen molar-refractivity contribution < 1.29 is 4.79 Å². The zero-order valence-electron chi connectivity index (χ0n) is 7.21. The van der Waals surface area contributed by atoms with E-state index in [2.05, 4.69) is 5.32 Å². The maximum absolute atomic E-state index is 11.1. The highest BCUT2D eigenvalue weighted by Crippen LogP contribution is 2.15. The molecule has 13 heavy (non-hydrogen) atoms. The van der Waals surface area contributed by atoms with Gasteiger partial charge >= 0.3 is 0 Å². The van der Waals surface area contributed by atoms with Gasteiger partial charge in [0.05, 0.1) is 0 Å². The Labute approximate surface area is 86.7 Å². The van der Waals surface area contributed by atoms with Gasteiger partial charge in [-0.15, -0.1) is 0 Å². The number of hydrogen-bond acceptors (Lipinski definition) is 2. The minimum Gasteiger partial charge on any atom is -0.317 e. The van der Waals surface area contributed by atoms with Gasteiger partial charge in [-0.3, -0.25) is 4.79 Å². The number of carbonyl (C=O) groups excluding carboxylic acids is 1. The number of anilines is 1. The Kier molecular flexibility index (Phi) is 4.12. The van der Waals surface area contributed by atoms with Gasteiger partial charge < -0.3 is 5.32 Å². The molecule has 0 heterocycles. The fourth-order valence-corrected chi connectivity index (χ4v) is 1.40. The van der Waals surface area contributed by atoms with E-state index in [0.29, 0.717) is 5.02 Å². The summed E-state index contributed by atoms with van der Waals surface area (Å²) in [5.41, 5.74) is 0.773. The third-order valence-corrected chi connectivity index (χ3v) is 2.27. The highest BCUT2D eigenvalue weighted by Gasteiger charge is 1.99.